The normalized spacial score (nSPS) is 22.9. The van der Waals surface area contributed by atoms with Crippen molar-refractivity contribution in [2.75, 3.05) is 19.7 Å². The molecule has 0 saturated carbocycles. The third kappa shape index (κ3) is 4.47. The first-order valence-corrected chi connectivity index (χ1v) is 7.46. The highest BCUT2D eigenvalue weighted by Gasteiger charge is 2.33. The molecule has 2 unspecified atom stereocenters. The number of hydrogen-bond donors (Lipinski definition) is 2. The van der Waals surface area contributed by atoms with Gasteiger partial charge in [0, 0.05) is 24.9 Å². The Labute approximate surface area is 121 Å². The number of nitrogens with one attached hydrogen (secondary N) is 1. The van der Waals surface area contributed by atoms with E-state index >= 15 is 0 Å². The molecule has 0 aromatic carbocycles. The van der Waals surface area contributed by atoms with Crippen LogP contribution in [0.5, 0.6) is 0 Å². The highest BCUT2D eigenvalue weighted by molar-refractivity contribution is 5.81. The van der Waals surface area contributed by atoms with Gasteiger partial charge in [0.1, 0.15) is 0 Å². The number of aliphatic hydroxyl groups excluding tert-OH is 1. The van der Waals surface area contributed by atoms with Crippen molar-refractivity contribution in [1.82, 2.24) is 10.2 Å². The van der Waals surface area contributed by atoms with Crippen LogP contribution in [0.4, 0.5) is 0 Å². The first-order chi connectivity index (χ1) is 9.27. The van der Waals surface area contributed by atoms with Crippen molar-refractivity contribution >= 4 is 11.8 Å². The molecule has 1 saturated heterocycles. The molecule has 1 aliphatic heterocycles. The first-order valence-electron chi connectivity index (χ1n) is 7.46. The summed E-state index contributed by atoms with van der Waals surface area (Å²) in [5, 5.41) is 12.2. The van der Waals surface area contributed by atoms with Gasteiger partial charge in [0.25, 0.3) is 0 Å². The lowest BCUT2D eigenvalue weighted by Crippen LogP contribution is -2.40. The van der Waals surface area contributed by atoms with Crippen LogP contribution in [0.15, 0.2) is 0 Å². The minimum absolute atomic E-state index is 0.00739. The molecule has 0 aliphatic carbocycles. The molecular weight excluding hydrogens is 256 g/mol. The van der Waals surface area contributed by atoms with E-state index in [1.54, 1.807) is 4.90 Å². The molecule has 1 fully saturated rings. The van der Waals surface area contributed by atoms with Crippen LogP contribution in [0.1, 0.15) is 47.0 Å². The summed E-state index contributed by atoms with van der Waals surface area (Å²) in [6.07, 6.45) is 2.02. The summed E-state index contributed by atoms with van der Waals surface area (Å²) in [5.74, 6) is 0.455. The van der Waals surface area contributed by atoms with Gasteiger partial charge in [-0.15, -0.1) is 0 Å². The lowest BCUT2D eigenvalue weighted by Gasteiger charge is -2.25. The molecule has 0 aromatic heterocycles. The van der Waals surface area contributed by atoms with Gasteiger partial charge in [-0.1, -0.05) is 27.7 Å². The van der Waals surface area contributed by atoms with Crippen molar-refractivity contribution < 1.29 is 14.7 Å². The van der Waals surface area contributed by atoms with Gasteiger partial charge >= 0.3 is 0 Å². The second-order valence-corrected chi connectivity index (χ2v) is 6.71. The number of likely N-dealkylation sites (tertiary alicyclic amines) is 1. The summed E-state index contributed by atoms with van der Waals surface area (Å²) in [4.78, 5) is 25.6. The minimum atomic E-state index is -0.392. The Balaban J connectivity index is 2.29. The highest BCUT2D eigenvalue weighted by atomic mass is 16.3. The van der Waals surface area contributed by atoms with Gasteiger partial charge in [0.15, 0.2) is 0 Å². The fourth-order valence-electron chi connectivity index (χ4n) is 2.45. The summed E-state index contributed by atoms with van der Waals surface area (Å²) in [7, 11) is 0. The summed E-state index contributed by atoms with van der Waals surface area (Å²) in [6.45, 7) is 8.96. The van der Waals surface area contributed by atoms with E-state index in [0.29, 0.717) is 25.3 Å². The van der Waals surface area contributed by atoms with Crippen LogP contribution >= 0.6 is 0 Å². The van der Waals surface area contributed by atoms with Gasteiger partial charge in [0.2, 0.25) is 11.8 Å². The second-order valence-electron chi connectivity index (χ2n) is 6.71. The Morgan fingerprint density at radius 3 is 2.55 bits per heavy atom. The van der Waals surface area contributed by atoms with Crippen molar-refractivity contribution in [3.05, 3.63) is 0 Å². The largest absolute Gasteiger partial charge is 0.394 e. The van der Waals surface area contributed by atoms with Gasteiger partial charge in [-0.2, -0.15) is 0 Å². The molecule has 116 valence electrons. The molecule has 1 aliphatic rings. The molecule has 20 heavy (non-hydrogen) atoms. The van der Waals surface area contributed by atoms with Gasteiger partial charge < -0.3 is 15.3 Å². The molecule has 1 heterocycles. The monoisotopic (exact) mass is 284 g/mol. The quantitative estimate of drug-likeness (QED) is 0.744. The number of nitrogens with zero attached hydrogens (tertiary/aromatic N) is 1. The zero-order chi connectivity index (χ0) is 15.3. The van der Waals surface area contributed by atoms with E-state index in [0.717, 1.165) is 13.0 Å². The number of carbonyl (C=O) groups excluding carboxylic acids is 2. The summed E-state index contributed by atoms with van der Waals surface area (Å²) < 4.78 is 0. The Kier molecular flexibility index (Phi) is 5.99. The Hall–Kier alpha value is -1.10. The van der Waals surface area contributed by atoms with E-state index in [4.69, 9.17) is 0 Å². The van der Waals surface area contributed by atoms with E-state index in [2.05, 4.69) is 12.2 Å². The lowest BCUT2D eigenvalue weighted by atomic mass is 9.96. The average molecular weight is 284 g/mol. The zero-order valence-corrected chi connectivity index (χ0v) is 13.1. The van der Waals surface area contributed by atoms with Crippen LogP contribution in [0.2, 0.25) is 0 Å². The maximum Gasteiger partial charge on any atom is 0.225 e. The van der Waals surface area contributed by atoms with Crippen LogP contribution in [-0.2, 0) is 9.59 Å². The first kappa shape index (κ1) is 17.0. The molecule has 2 N–H and O–H groups in total. The van der Waals surface area contributed by atoms with Crippen LogP contribution in [0.25, 0.3) is 0 Å². The third-order valence-corrected chi connectivity index (χ3v) is 3.92. The predicted octanol–water partition coefficient (Wildman–Crippen LogP) is 1.16. The highest BCUT2D eigenvalue weighted by Crippen LogP contribution is 2.24. The van der Waals surface area contributed by atoms with E-state index in [9.17, 15) is 14.7 Å². The molecule has 5 nitrogen and oxygen atoms in total. The van der Waals surface area contributed by atoms with Crippen molar-refractivity contribution in [3.8, 4) is 0 Å². The molecule has 0 radical (unpaired) electrons. The van der Waals surface area contributed by atoms with E-state index in [1.807, 2.05) is 20.8 Å². The number of amides is 2. The molecule has 2 atom stereocenters. The average Bonchev–Trinajstić information content (AvgIpc) is 2.74. The van der Waals surface area contributed by atoms with Crippen molar-refractivity contribution in [2.24, 2.45) is 11.3 Å². The maximum absolute atomic E-state index is 12.1. The fourth-order valence-corrected chi connectivity index (χ4v) is 2.45. The minimum Gasteiger partial charge on any atom is -0.394 e. The lowest BCUT2D eigenvalue weighted by molar-refractivity contribution is -0.133. The summed E-state index contributed by atoms with van der Waals surface area (Å²) in [5.41, 5.74) is -0.392. The Morgan fingerprint density at radius 2 is 2.00 bits per heavy atom. The number of carbonyl (C=O) groups is 2. The SMILES string of the molecule is CC1CCN(C(=O)CCCNC(=O)C(C)(C)C)C1CO. The number of hydrogen-bond acceptors (Lipinski definition) is 3. The Morgan fingerprint density at radius 1 is 1.35 bits per heavy atom. The van der Waals surface area contributed by atoms with E-state index < -0.39 is 5.41 Å². The van der Waals surface area contributed by atoms with Gasteiger partial charge in [-0.05, 0) is 18.8 Å². The van der Waals surface area contributed by atoms with Crippen molar-refractivity contribution in [3.63, 3.8) is 0 Å². The molecule has 0 spiro atoms. The topological polar surface area (TPSA) is 69.6 Å². The molecule has 2 amide bonds. The van der Waals surface area contributed by atoms with Crippen LogP contribution in [-0.4, -0.2) is 47.6 Å². The van der Waals surface area contributed by atoms with E-state index in [1.165, 1.54) is 0 Å². The second kappa shape index (κ2) is 7.07. The standard InChI is InChI=1S/C15H28N2O3/c1-11-7-9-17(12(11)10-18)13(19)6-5-8-16-14(20)15(2,3)4/h11-12,18H,5-10H2,1-4H3,(H,16,20). The molecule has 5 heteroatoms. The fraction of sp³-hybridized carbons (Fsp3) is 0.867. The van der Waals surface area contributed by atoms with Crippen molar-refractivity contribution in [1.29, 1.82) is 0 Å². The summed E-state index contributed by atoms with van der Waals surface area (Å²) in [6, 6.07) is -0.0355. The predicted molar refractivity (Wildman–Crippen MR) is 78.1 cm³/mol. The smallest absolute Gasteiger partial charge is 0.225 e. The van der Waals surface area contributed by atoms with E-state index in [-0.39, 0.29) is 24.5 Å². The number of aliphatic hydroxyl groups is 1. The third-order valence-electron chi connectivity index (χ3n) is 3.92. The van der Waals surface area contributed by atoms with Crippen molar-refractivity contribution in [2.45, 2.75) is 53.0 Å². The van der Waals surface area contributed by atoms with Gasteiger partial charge in [-0.25, -0.2) is 0 Å². The maximum atomic E-state index is 12.1. The molecule has 0 aromatic rings. The zero-order valence-electron chi connectivity index (χ0n) is 13.1. The van der Waals surface area contributed by atoms with Gasteiger partial charge in [0.05, 0.1) is 12.6 Å². The molecular formula is C15H28N2O3. The Bertz CT molecular complexity index is 350. The van der Waals surface area contributed by atoms with Crippen LogP contribution in [0.3, 0.4) is 0 Å². The molecule has 0 bridgehead atoms. The van der Waals surface area contributed by atoms with Gasteiger partial charge in [-0.3, -0.25) is 9.59 Å². The van der Waals surface area contributed by atoms with Crippen LogP contribution < -0.4 is 5.32 Å². The van der Waals surface area contributed by atoms with Crippen LogP contribution in [0, 0.1) is 11.3 Å². The summed E-state index contributed by atoms with van der Waals surface area (Å²) >= 11 is 0. The molecule has 1 rings (SSSR count). The number of rotatable bonds is 5.